The maximum atomic E-state index is 12.9. The molecule has 0 aliphatic carbocycles. The summed E-state index contributed by atoms with van der Waals surface area (Å²) in [5.74, 6) is -0.221. The number of rotatable bonds is 3. The number of piperidine rings is 1. The minimum absolute atomic E-state index is 0.00340. The van der Waals surface area contributed by atoms with Gasteiger partial charge in [0.15, 0.2) is 0 Å². The number of nitrogens with zero attached hydrogens (tertiary/aromatic N) is 5. The Balaban J connectivity index is 1.42. The number of imide groups is 1. The van der Waals surface area contributed by atoms with Crippen LogP contribution in [0, 0.1) is 0 Å². The van der Waals surface area contributed by atoms with Gasteiger partial charge in [-0.2, -0.15) is 5.10 Å². The minimum Gasteiger partial charge on any atom is -0.337 e. The summed E-state index contributed by atoms with van der Waals surface area (Å²) in [6, 6.07) is 5.54. The van der Waals surface area contributed by atoms with Crippen LogP contribution in [-0.2, 0) is 11.8 Å². The summed E-state index contributed by atoms with van der Waals surface area (Å²) >= 11 is 1.59. The first-order chi connectivity index (χ1) is 13.0. The van der Waals surface area contributed by atoms with Gasteiger partial charge in [0.1, 0.15) is 17.9 Å². The molecular formula is C18H21N5O3S. The molecule has 0 saturated carbocycles. The Morgan fingerprint density at radius 1 is 1.22 bits per heavy atom. The first-order valence-corrected chi connectivity index (χ1v) is 9.78. The number of likely N-dealkylation sites (tertiary alicyclic amines) is 1. The van der Waals surface area contributed by atoms with Gasteiger partial charge in [-0.05, 0) is 30.4 Å². The van der Waals surface area contributed by atoms with Gasteiger partial charge in [-0.25, -0.2) is 4.79 Å². The molecule has 2 aromatic rings. The molecule has 0 radical (unpaired) electrons. The lowest BCUT2D eigenvalue weighted by Crippen LogP contribution is -2.48. The van der Waals surface area contributed by atoms with E-state index in [2.05, 4.69) is 5.10 Å². The van der Waals surface area contributed by atoms with Crippen LogP contribution in [0.25, 0.3) is 10.6 Å². The van der Waals surface area contributed by atoms with Crippen LogP contribution in [0.5, 0.6) is 0 Å². The first-order valence-electron chi connectivity index (χ1n) is 8.90. The van der Waals surface area contributed by atoms with Crippen molar-refractivity contribution in [3.8, 4) is 10.6 Å². The van der Waals surface area contributed by atoms with Gasteiger partial charge in [0.05, 0.1) is 4.88 Å². The van der Waals surface area contributed by atoms with Crippen molar-refractivity contribution in [2.75, 3.05) is 26.7 Å². The Labute approximate surface area is 161 Å². The molecule has 4 heterocycles. The van der Waals surface area contributed by atoms with Crippen molar-refractivity contribution in [3.05, 3.63) is 29.3 Å². The van der Waals surface area contributed by atoms with Crippen LogP contribution in [0.2, 0.25) is 0 Å². The third-order valence-electron chi connectivity index (χ3n) is 5.28. The van der Waals surface area contributed by atoms with Crippen molar-refractivity contribution in [2.24, 2.45) is 7.05 Å². The molecule has 2 aliphatic heterocycles. The lowest BCUT2D eigenvalue weighted by molar-refractivity contribution is -0.124. The molecule has 0 unspecified atom stereocenters. The smallest absolute Gasteiger partial charge is 0.327 e. The summed E-state index contributed by atoms with van der Waals surface area (Å²) in [6.45, 7) is 1.26. The molecule has 4 amide bonds. The molecule has 8 nitrogen and oxygen atoms in total. The second-order valence-corrected chi connectivity index (χ2v) is 7.85. The van der Waals surface area contributed by atoms with Crippen molar-refractivity contribution in [2.45, 2.75) is 18.9 Å². The zero-order chi connectivity index (χ0) is 19.1. The Kier molecular flexibility index (Phi) is 4.47. The summed E-state index contributed by atoms with van der Waals surface area (Å²) in [5, 5.41) is 6.44. The zero-order valence-electron chi connectivity index (χ0n) is 15.3. The third kappa shape index (κ3) is 3.12. The predicted octanol–water partition coefficient (Wildman–Crippen LogP) is 1.65. The second-order valence-electron chi connectivity index (χ2n) is 6.90. The highest BCUT2D eigenvalue weighted by Crippen LogP contribution is 2.26. The van der Waals surface area contributed by atoms with Crippen LogP contribution in [-0.4, -0.2) is 75.0 Å². The predicted molar refractivity (Wildman–Crippen MR) is 100 cm³/mol. The molecule has 27 heavy (non-hydrogen) atoms. The van der Waals surface area contributed by atoms with E-state index in [1.54, 1.807) is 32.9 Å². The average Bonchev–Trinajstić information content (AvgIpc) is 3.38. The number of likely N-dealkylation sites (N-methyl/N-ethyl adjacent to an activating group) is 1. The van der Waals surface area contributed by atoms with Crippen LogP contribution in [0.1, 0.15) is 23.3 Å². The summed E-state index contributed by atoms with van der Waals surface area (Å²) in [6.07, 6.45) is 1.35. The number of carbonyl (C=O) groups is 3. The van der Waals surface area contributed by atoms with Crippen molar-refractivity contribution in [3.63, 3.8) is 0 Å². The summed E-state index contributed by atoms with van der Waals surface area (Å²) in [5.41, 5.74) is 1.36. The van der Waals surface area contributed by atoms with Crippen molar-refractivity contribution in [1.82, 2.24) is 24.5 Å². The van der Waals surface area contributed by atoms with E-state index in [1.807, 2.05) is 23.6 Å². The number of amides is 4. The van der Waals surface area contributed by atoms with Gasteiger partial charge in [0.2, 0.25) is 5.91 Å². The quantitative estimate of drug-likeness (QED) is 0.750. The van der Waals surface area contributed by atoms with Crippen LogP contribution >= 0.6 is 11.3 Å². The largest absolute Gasteiger partial charge is 0.337 e. The van der Waals surface area contributed by atoms with Gasteiger partial charge in [-0.3, -0.25) is 19.2 Å². The molecule has 0 N–H and O–H groups in total. The molecule has 0 aromatic carbocycles. The van der Waals surface area contributed by atoms with Gasteiger partial charge in [-0.1, -0.05) is 6.07 Å². The maximum absolute atomic E-state index is 12.9. The standard InChI is InChI=1S/C18H21N5O3S/c1-20-16(24)11-23(18(20)26)12-5-7-22(8-6-12)17(25)14-10-13(19-21(14)2)15-4-3-9-27-15/h3-4,9-10,12H,5-8,11H2,1-2H3. The summed E-state index contributed by atoms with van der Waals surface area (Å²) in [4.78, 5) is 42.4. The Morgan fingerprint density at radius 2 is 1.96 bits per heavy atom. The third-order valence-corrected chi connectivity index (χ3v) is 6.17. The fourth-order valence-electron chi connectivity index (χ4n) is 3.66. The molecule has 4 rings (SSSR count). The molecule has 2 saturated heterocycles. The molecule has 2 aromatic heterocycles. The fraction of sp³-hybridized carbons (Fsp3) is 0.444. The van der Waals surface area contributed by atoms with Crippen LogP contribution in [0.3, 0.4) is 0 Å². The second kappa shape index (κ2) is 6.80. The lowest BCUT2D eigenvalue weighted by Gasteiger charge is -2.35. The van der Waals surface area contributed by atoms with E-state index in [-0.39, 0.29) is 30.4 Å². The molecule has 0 atom stereocenters. The van der Waals surface area contributed by atoms with Crippen LogP contribution in [0.15, 0.2) is 23.6 Å². The van der Waals surface area contributed by atoms with Gasteiger partial charge in [-0.15, -0.1) is 11.3 Å². The lowest BCUT2D eigenvalue weighted by atomic mass is 10.0. The van der Waals surface area contributed by atoms with E-state index < -0.39 is 0 Å². The molecule has 2 fully saturated rings. The molecule has 142 valence electrons. The van der Waals surface area contributed by atoms with E-state index in [0.29, 0.717) is 31.6 Å². The Bertz CT molecular complexity index is 883. The number of hydrogen-bond acceptors (Lipinski definition) is 5. The maximum Gasteiger partial charge on any atom is 0.327 e. The SMILES string of the molecule is CN1C(=O)CN(C2CCN(C(=O)c3cc(-c4cccs4)nn3C)CC2)C1=O. The van der Waals surface area contributed by atoms with Gasteiger partial charge in [0.25, 0.3) is 5.91 Å². The summed E-state index contributed by atoms with van der Waals surface area (Å²) in [7, 11) is 3.29. The van der Waals surface area contributed by atoms with Gasteiger partial charge < -0.3 is 9.80 Å². The first kappa shape index (κ1) is 17.7. The number of thiophene rings is 1. The van der Waals surface area contributed by atoms with Crippen LogP contribution < -0.4 is 0 Å². The van der Waals surface area contributed by atoms with E-state index in [0.717, 1.165) is 10.6 Å². The van der Waals surface area contributed by atoms with Crippen molar-refractivity contribution in [1.29, 1.82) is 0 Å². The minimum atomic E-state index is -0.239. The van der Waals surface area contributed by atoms with E-state index in [9.17, 15) is 14.4 Å². The summed E-state index contributed by atoms with van der Waals surface area (Å²) < 4.78 is 1.63. The van der Waals surface area contributed by atoms with E-state index in [1.165, 1.54) is 11.9 Å². The van der Waals surface area contributed by atoms with Gasteiger partial charge in [0, 0.05) is 33.2 Å². The van der Waals surface area contributed by atoms with E-state index >= 15 is 0 Å². The number of carbonyl (C=O) groups excluding carboxylic acids is 3. The normalized spacial score (nSPS) is 18.7. The topological polar surface area (TPSA) is 78.8 Å². The molecule has 0 spiro atoms. The zero-order valence-corrected chi connectivity index (χ0v) is 16.1. The average molecular weight is 387 g/mol. The van der Waals surface area contributed by atoms with Gasteiger partial charge >= 0.3 is 6.03 Å². The Hall–Kier alpha value is -2.68. The number of aromatic nitrogens is 2. The number of urea groups is 1. The highest BCUT2D eigenvalue weighted by atomic mass is 32.1. The fourth-order valence-corrected chi connectivity index (χ4v) is 4.34. The number of hydrogen-bond donors (Lipinski definition) is 0. The van der Waals surface area contributed by atoms with E-state index in [4.69, 9.17) is 0 Å². The molecule has 2 aliphatic rings. The molecule has 0 bridgehead atoms. The number of aryl methyl sites for hydroxylation is 1. The molecular weight excluding hydrogens is 366 g/mol. The van der Waals surface area contributed by atoms with Crippen molar-refractivity contribution >= 4 is 29.2 Å². The van der Waals surface area contributed by atoms with Crippen LogP contribution in [0.4, 0.5) is 4.79 Å². The van der Waals surface area contributed by atoms with Crippen molar-refractivity contribution < 1.29 is 14.4 Å². The highest BCUT2D eigenvalue weighted by Gasteiger charge is 2.39. The monoisotopic (exact) mass is 387 g/mol. The highest BCUT2D eigenvalue weighted by molar-refractivity contribution is 7.13. The Morgan fingerprint density at radius 3 is 2.56 bits per heavy atom. The molecule has 9 heteroatoms.